The highest BCUT2D eigenvalue weighted by Crippen LogP contribution is 2.35. The van der Waals surface area contributed by atoms with Crippen LogP contribution < -0.4 is 0 Å². The van der Waals surface area contributed by atoms with Gasteiger partial charge in [0, 0.05) is 15.5 Å². The van der Waals surface area contributed by atoms with E-state index in [9.17, 15) is 9.59 Å². The molecule has 0 radical (unpaired) electrons. The van der Waals surface area contributed by atoms with Gasteiger partial charge >= 0.3 is 0 Å². The summed E-state index contributed by atoms with van der Waals surface area (Å²) in [6, 6.07) is 5.81. The Morgan fingerprint density at radius 2 is 1.67 bits per heavy atom. The monoisotopic (exact) mass is 471 g/mol. The highest BCUT2D eigenvalue weighted by Gasteiger charge is 2.36. The van der Waals surface area contributed by atoms with E-state index < -0.39 is 0 Å². The number of amides is 2. The molecular weight excluding hydrogens is 454 g/mol. The normalized spacial score (nSPS) is 21.6. The molecule has 2 amide bonds. The lowest BCUT2D eigenvalue weighted by Gasteiger charge is -2.20. The molecular formula is C18H19Br2NO2S. The van der Waals surface area contributed by atoms with E-state index in [1.807, 2.05) is 18.2 Å². The number of thioether (sulfide) groups is 1. The van der Waals surface area contributed by atoms with Crippen molar-refractivity contribution >= 4 is 60.8 Å². The van der Waals surface area contributed by atoms with Crippen molar-refractivity contribution in [2.45, 2.75) is 38.5 Å². The number of benzene rings is 1. The quantitative estimate of drug-likeness (QED) is 0.387. The molecule has 1 heterocycles. The van der Waals surface area contributed by atoms with Crippen molar-refractivity contribution in [2.24, 2.45) is 5.92 Å². The molecule has 0 atom stereocenters. The maximum absolute atomic E-state index is 12.6. The second kappa shape index (κ2) is 8.19. The van der Waals surface area contributed by atoms with Crippen LogP contribution in [0.25, 0.3) is 6.08 Å². The summed E-state index contributed by atoms with van der Waals surface area (Å²) in [6.07, 6.45) is 9.02. The highest BCUT2D eigenvalue weighted by atomic mass is 79.9. The number of nitrogens with zero attached hydrogens (tertiary/aromatic N) is 1. The summed E-state index contributed by atoms with van der Waals surface area (Å²) in [5, 5.41) is -0.135. The average Bonchev–Trinajstić information content (AvgIpc) is 2.72. The van der Waals surface area contributed by atoms with Crippen LogP contribution in [0.3, 0.4) is 0 Å². The summed E-state index contributed by atoms with van der Waals surface area (Å²) in [5.41, 5.74) is 0.899. The first-order chi connectivity index (χ1) is 11.5. The Labute approximate surface area is 163 Å². The third-order valence-corrected chi connectivity index (χ3v) is 6.29. The van der Waals surface area contributed by atoms with E-state index in [2.05, 4.69) is 31.9 Å². The fraction of sp³-hybridized carbons (Fsp3) is 0.444. The zero-order chi connectivity index (χ0) is 17.1. The summed E-state index contributed by atoms with van der Waals surface area (Å²) in [4.78, 5) is 26.9. The molecule has 0 bridgehead atoms. The van der Waals surface area contributed by atoms with Crippen molar-refractivity contribution in [3.05, 3.63) is 37.6 Å². The van der Waals surface area contributed by atoms with Gasteiger partial charge in [-0.1, -0.05) is 57.5 Å². The van der Waals surface area contributed by atoms with Crippen molar-refractivity contribution in [1.82, 2.24) is 4.90 Å². The molecule has 1 saturated heterocycles. The van der Waals surface area contributed by atoms with E-state index in [0.29, 0.717) is 17.4 Å². The maximum Gasteiger partial charge on any atom is 0.293 e. The minimum Gasteiger partial charge on any atom is -0.268 e. The number of rotatable bonds is 3. The smallest absolute Gasteiger partial charge is 0.268 e. The van der Waals surface area contributed by atoms with Crippen LogP contribution in [0.15, 0.2) is 32.0 Å². The lowest BCUT2D eigenvalue weighted by molar-refractivity contribution is -0.123. The second-order valence-corrected chi connectivity index (χ2v) is 9.18. The standard InChI is InChI=1S/C18H19Br2NO2S/c19-14-7-13(8-15(20)10-14)9-16-17(22)21(18(23)24-16)11-12-5-3-1-2-4-6-12/h7-10,12H,1-6,11H2/b16-9-. The average molecular weight is 473 g/mol. The first-order valence-corrected chi connectivity index (χ1v) is 10.6. The fourth-order valence-corrected chi connectivity index (χ4v) is 5.45. The lowest BCUT2D eigenvalue weighted by Crippen LogP contribution is -2.33. The highest BCUT2D eigenvalue weighted by molar-refractivity contribution is 9.11. The number of carbonyl (C=O) groups excluding carboxylic acids is 2. The molecule has 6 heteroatoms. The topological polar surface area (TPSA) is 37.4 Å². The first-order valence-electron chi connectivity index (χ1n) is 8.24. The summed E-state index contributed by atoms with van der Waals surface area (Å²) in [7, 11) is 0. The van der Waals surface area contributed by atoms with Crippen molar-refractivity contribution < 1.29 is 9.59 Å². The molecule has 1 aliphatic carbocycles. The van der Waals surface area contributed by atoms with Crippen molar-refractivity contribution in [3.8, 4) is 0 Å². The van der Waals surface area contributed by atoms with Crippen LogP contribution in [0.4, 0.5) is 4.79 Å². The number of carbonyl (C=O) groups is 2. The van der Waals surface area contributed by atoms with Gasteiger partial charge in [-0.05, 0) is 60.4 Å². The Morgan fingerprint density at radius 3 is 2.29 bits per heavy atom. The van der Waals surface area contributed by atoms with Gasteiger partial charge in [0.25, 0.3) is 11.1 Å². The zero-order valence-electron chi connectivity index (χ0n) is 13.3. The molecule has 3 rings (SSSR count). The SMILES string of the molecule is O=C1S/C(=C\c2cc(Br)cc(Br)c2)C(=O)N1CC1CCCCCC1. The third-order valence-electron chi connectivity index (χ3n) is 4.47. The van der Waals surface area contributed by atoms with Crippen LogP contribution in [0.5, 0.6) is 0 Å². The van der Waals surface area contributed by atoms with Crippen molar-refractivity contribution in [2.75, 3.05) is 6.54 Å². The van der Waals surface area contributed by atoms with Crippen LogP contribution >= 0.6 is 43.6 Å². The Bertz CT molecular complexity index is 661. The van der Waals surface area contributed by atoms with Gasteiger partial charge in [-0.2, -0.15) is 0 Å². The Balaban J connectivity index is 1.74. The molecule has 1 aromatic rings. The number of halogens is 2. The van der Waals surface area contributed by atoms with Gasteiger partial charge in [0.2, 0.25) is 0 Å². The molecule has 0 N–H and O–H groups in total. The largest absolute Gasteiger partial charge is 0.293 e. The number of imide groups is 1. The summed E-state index contributed by atoms with van der Waals surface area (Å²) < 4.78 is 1.86. The van der Waals surface area contributed by atoms with E-state index in [1.54, 1.807) is 6.08 Å². The second-order valence-electron chi connectivity index (χ2n) is 6.35. The predicted molar refractivity (Wildman–Crippen MR) is 106 cm³/mol. The van der Waals surface area contributed by atoms with Gasteiger partial charge in [0.15, 0.2) is 0 Å². The molecule has 1 aromatic carbocycles. The minimum atomic E-state index is -0.148. The number of hydrogen-bond acceptors (Lipinski definition) is 3. The van der Waals surface area contributed by atoms with Gasteiger partial charge in [0.05, 0.1) is 4.91 Å². The molecule has 1 saturated carbocycles. The third kappa shape index (κ3) is 4.52. The molecule has 128 valence electrons. The van der Waals surface area contributed by atoms with Gasteiger partial charge in [0.1, 0.15) is 0 Å². The molecule has 0 spiro atoms. The van der Waals surface area contributed by atoms with Gasteiger partial charge in [-0.3, -0.25) is 14.5 Å². The van der Waals surface area contributed by atoms with Gasteiger partial charge < -0.3 is 0 Å². The molecule has 2 fully saturated rings. The lowest BCUT2D eigenvalue weighted by atomic mass is 10.00. The Hall–Kier alpha value is -0.590. The molecule has 3 nitrogen and oxygen atoms in total. The molecule has 1 aliphatic heterocycles. The van der Waals surface area contributed by atoms with E-state index in [1.165, 1.54) is 30.6 Å². The zero-order valence-corrected chi connectivity index (χ0v) is 17.3. The van der Waals surface area contributed by atoms with Crippen LogP contribution in [-0.2, 0) is 4.79 Å². The van der Waals surface area contributed by atoms with Crippen molar-refractivity contribution in [3.63, 3.8) is 0 Å². The first kappa shape index (κ1) is 18.2. The Morgan fingerprint density at radius 1 is 1.04 bits per heavy atom. The van der Waals surface area contributed by atoms with E-state index >= 15 is 0 Å². The number of hydrogen-bond donors (Lipinski definition) is 0. The van der Waals surface area contributed by atoms with E-state index in [-0.39, 0.29) is 11.1 Å². The predicted octanol–water partition coefficient (Wildman–Crippen LogP) is 6.22. The molecule has 0 unspecified atom stereocenters. The molecule has 2 aliphatic rings. The summed E-state index contributed by atoms with van der Waals surface area (Å²) in [5.74, 6) is 0.311. The summed E-state index contributed by atoms with van der Waals surface area (Å²) in [6.45, 7) is 0.574. The van der Waals surface area contributed by atoms with Crippen LogP contribution in [0.1, 0.15) is 44.1 Å². The maximum atomic E-state index is 12.6. The fourth-order valence-electron chi connectivity index (χ4n) is 3.27. The van der Waals surface area contributed by atoms with Crippen LogP contribution in [-0.4, -0.2) is 22.6 Å². The van der Waals surface area contributed by atoms with Crippen molar-refractivity contribution in [1.29, 1.82) is 0 Å². The molecule has 0 aromatic heterocycles. The Kier molecular flexibility index (Phi) is 6.22. The van der Waals surface area contributed by atoms with Crippen LogP contribution in [0, 0.1) is 5.92 Å². The minimum absolute atomic E-state index is 0.135. The van der Waals surface area contributed by atoms with E-state index in [0.717, 1.165) is 39.1 Å². The van der Waals surface area contributed by atoms with Gasteiger partial charge in [-0.25, -0.2) is 0 Å². The van der Waals surface area contributed by atoms with E-state index in [4.69, 9.17) is 0 Å². The van der Waals surface area contributed by atoms with Crippen LogP contribution in [0.2, 0.25) is 0 Å². The summed E-state index contributed by atoms with van der Waals surface area (Å²) >= 11 is 7.94. The molecule has 24 heavy (non-hydrogen) atoms. The van der Waals surface area contributed by atoms with Gasteiger partial charge in [-0.15, -0.1) is 0 Å².